The maximum Gasteiger partial charge on any atom is 0.150 e. The van der Waals surface area contributed by atoms with Gasteiger partial charge in [-0.2, -0.15) is 0 Å². The van der Waals surface area contributed by atoms with E-state index in [0.717, 1.165) is 28.9 Å². The fraction of sp³-hybridized carbons (Fsp3) is 0.0667. The van der Waals surface area contributed by atoms with E-state index in [9.17, 15) is 4.79 Å². The first kappa shape index (κ1) is 10.7. The van der Waals surface area contributed by atoms with E-state index >= 15 is 0 Å². The average molecular weight is 236 g/mol. The molecule has 0 unspecified atom stereocenters. The molecule has 2 heterocycles. The summed E-state index contributed by atoms with van der Waals surface area (Å²) >= 11 is 0. The number of hydrogen-bond acceptors (Lipinski definition) is 2. The SMILES string of the molecule is Cc1nc(-c2ccccc2)n2ccc(C=O)cc12. The number of aromatic nitrogens is 2. The molecule has 0 spiro atoms. The van der Waals surface area contributed by atoms with Gasteiger partial charge in [0.15, 0.2) is 0 Å². The predicted molar refractivity (Wildman–Crippen MR) is 70.8 cm³/mol. The third-order valence-electron chi connectivity index (χ3n) is 3.02. The highest BCUT2D eigenvalue weighted by Gasteiger charge is 2.09. The van der Waals surface area contributed by atoms with Crippen molar-refractivity contribution in [3.63, 3.8) is 0 Å². The second-order valence-electron chi connectivity index (χ2n) is 4.22. The molecule has 0 fully saturated rings. The Morgan fingerprint density at radius 1 is 1.17 bits per heavy atom. The number of rotatable bonds is 2. The molecule has 2 aromatic heterocycles. The highest BCUT2D eigenvalue weighted by atomic mass is 16.1. The van der Waals surface area contributed by atoms with Crippen LogP contribution in [0.15, 0.2) is 48.7 Å². The molecular formula is C15H12N2O. The summed E-state index contributed by atoms with van der Waals surface area (Å²) in [6, 6.07) is 13.7. The number of carbonyl (C=O) groups excluding carboxylic acids is 1. The Hall–Kier alpha value is -2.42. The lowest BCUT2D eigenvalue weighted by Crippen LogP contribution is -1.90. The minimum Gasteiger partial charge on any atom is -0.299 e. The molecule has 0 saturated carbocycles. The Morgan fingerprint density at radius 2 is 1.94 bits per heavy atom. The largest absolute Gasteiger partial charge is 0.299 e. The summed E-state index contributed by atoms with van der Waals surface area (Å²) in [6.07, 6.45) is 2.75. The van der Waals surface area contributed by atoms with Gasteiger partial charge in [-0.3, -0.25) is 9.20 Å². The molecule has 0 amide bonds. The van der Waals surface area contributed by atoms with Crippen LogP contribution in [0.25, 0.3) is 16.9 Å². The molecule has 0 radical (unpaired) electrons. The maximum absolute atomic E-state index is 10.8. The van der Waals surface area contributed by atoms with E-state index in [1.165, 1.54) is 0 Å². The molecule has 0 aliphatic rings. The van der Waals surface area contributed by atoms with Crippen molar-refractivity contribution in [3.05, 3.63) is 59.9 Å². The van der Waals surface area contributed by atoms with Gasteiger partial charge in [-0.25, -0.2) is 4.98 Å². The van der Waals surface area contributed by atoms with Gasteiger partial charge in [-0.05, 0) is 19.1 Å². The van der Waals surface area contributed by atoms with Gasteiger partial charge >= 0.3 is 0 Å². The molecule has 3 heteroatoms. The number of pyridine rings is 1. The van der Waals surface area contributed by atoms with Crippen LogP contribution in [0.3, 0.4) is 0 Å². The molecule has 0 aliphatic carbocycles. The fourth-order valence-electron chi connectivity index (χ4n) is 2.11. The van der Waals surface area contributed by atoms with Crippen molar-refractivity contribution in [2.75, 3.05) is 0 Å². The average Bonchev–Trinajstić information content (AvgIpc) is 2.77. The van der Waals surface area contributed by atoms with Crippen LogP contribution >= 0.6 is 0 Å². The molecule has 3 rings (SSSR count). The molecule has 0 saturated heterocycles. The number of fused-ring (bicyclic) bond motifs is 1. The van der Waals surface area contributed by atoms with Crippen molar-refractivity contribution in [3.8, 4) is 11.4 Å². The third kappa shape index (κ3) is 1.61. The van der Waals surface area contributed by atoms with Crippen molar-refractivity contribution in [1.29, 1.82) is 0 Å². The first-order chi connectivity index (χ1) is 8.79. The summed E-state index contributed by atoms with van der Waals surface area (Å²) < 4.78 is 2.01. The standard InChI is InChI=1S/C15H12N2O/c1-11-14-9-12(10-18)7-8-17(14)15(16-11)13-5-3-2-4-6-13/h2-10H,1H3. The number of benzene rings is 1. The van der Waals surface area contributed by atoms with Gasteiger partial charge in [0.25, 0.3) is 0 Å². The minimum absolute atomic E-state index is 0.671. The molecule has 18 heavy (non-hydrogen) atoms. The van der Waals surface area contributed by atoms with Gasteiger partial charge in [0.05, 0.1) is 11.2 Å². The summed E-state index contributed by atoms with van der Waals surface area (Å²) in [4.78, 5) is 15.4. The molecule has 1 aromatic carbocycles. The molecule has 0 bridgehead atoms. The molecule has 3 aromatic rings. The van der Waals surface area contributed by atoms with Crippen LogP contribution in [0.5, 0.6) is 0 Å². The lowest BCUT2D eigenvalue weighted by Gasteiger charge is -2.01. The summed E-state index contributed by atoms with van der Waals surface area (Å²) in [7, 11) is 0. The van der Waals surface area contributed by atoms with Crippen molar-refractivity contribution in [2.45, 2.75) is 6.92 Å². The van der Waals surface area contributed by atoms with Gasteiger partial charge in [0.2, 0.25) is 0 Å². The van der Waals surface area contributed by atoms with Gasteiger partial charge in [-0.15, -0.1) is 0 Å². The van der Waals surface area contributed by atoms with Gasteiger partial charge in [0, 0.05) is 17.3 Å². The van der Waals surface area contributed by atoms with Crippen LogP contribution < -0.4 is 0 Å². The van der Waals surface area contributed by atoms with E-state index in [1.807, 2.05) is 53.9 Å². The van der Waals surface area contributed by atoms with Crippen molar-refractivity contribution < 1.29 is 4.79 Å². The van der Waals surface area contributed by atoms with Crippen molar-refractivity contribution in [2.24, 2.45) is 0 Å². The van der Waals surface area contributed by atoms with Crippen LogP contribution in [0.4, 0.5) is 0 Å². The van der Waals surface area contributed by atoms with Crippen LogP contribution in [0.1, 0.15) is 16.1 Å². The molecule has 88 valence electrons. The first-order valence-electron chi connectivity index (χ1n) is 5.79. The second-order valence-corrected chi connectivity index (χ2v) is 4.22. The van der Waals surface area contributed by atoms with E-state index in [2.05, 4.69) is 4.98 Å². The highest BCUT2D eigenvalue weighted by Crippen LogP contribution is 2.22. The summed E-state index contributed by atoms with van der Waals surface area (Å²) in [5.74, 6) is 0.903. The number of imidazole rings is 1. The van der Waals surface area contributed by atoms with E-state index in [-0.39, 0.29) is 0 Å². The summed E-state index contributed by atoms with van der Waals surface area (Å²) in [6.45, 7) is 1.95. The Bertz CT molecular complexity index is 714. The van der Waals surface area contributed by atoms with Gasteiger partial charge < -0.3 is 0 Å². The molecule has 3 nitrogen and oxygen atoms in total. The molecule has 0 N–H and O–H groups in total. The van der Waals surface area contributed by atoms with Crippen LogP contribution in [0, 0.1) is 6.92 Å². The number of aldehydes is 1. The molecular weight excluding hydrogens is 224 g/mol. The highest BCUT2D eigenvalue weighted by molar-refractivity contribution is 5.79. The zero-order valence-corrected chi connectivity index (χ0v) is 10.00. The topological polar surface area (TPSA) is 34.4 Å². The number of aryl methyl sites for hydroxylation is 1. The predicted octanol–water partition coefficient (Wildman–Crippen LogP) is 3.12. The normalized spacial score (nSPS) is 10.7. The van der Waals surface area contributed by atoms with Gasteiger partial charge in [-0.1, -0.05) is 30.3 Å². The monoisotopic (exact) mass is 236 g/mol. The van der Waals surface area contributed by atoms with Crippen LogP contribution in [-0.2, 0) is 0 Å². The van der Waals surface area contributed by atoms with E-state index in [0.29, 0.717) is 5.56 Å². The van der Waals surface area contributed by atoms with Crippen LogP contribution in [-0.4, -0.2) is 15.7 Å². The van der Waals surface area contributed by atoms with E-state index < -0.39 is 0 Å². The third-order valence-corrected chi connectivity index (χ3v) is 3.02. The van der Waals surface area contributed by atoms with Crippen LogP contribution in [0.2, 0.25) is 0 Å². The molecule has 0 aliphatic heterocycles. The smallest absolute Gasteiger partial charge is 0.150 e. The Kier molecular flexibility index (Phi) is 2.45. The molecule has 0 atom stereocenters. The number of nitrogens with zero attached hydrogens (tertiary/aromatic N) is 2. The summed E-state index contributed by atoms with van der Waals surface area (Å²) in [5, 5.41) is 0. The van der Waals surface area contributed by atoms with Crippen molar-refractivity contribution in [1.82, 2.24) is 9.38 Å². The lowest BCUT2D eigenvalue weighted by atomic mass is 10.2. The lowest BCUT2D eigenvalue weighted by molar-refractivity contribution is 0.112. The summed E-state index contributed by atoms with van der Waals surface area (Å²) in [5.41, 5.74) is 3.64. The van der Waals surface area contributed by atoms with E-state index in [1.54, 1.807) is 6.07 Å². The first-order valence-corrected chi connectivity index (χ1v) is 5.79. The minimum atomic E-state index is 0.671. The Balaban J connectivity index is 2.29. The second kappa shape index (κ2) is 4.11. The van der Waals surface area contributed by atoms with Gasteiger partial charge in [0.1, 0.15) is 12.1 Å². The maximum atomic E-state index is 10.8. The quantitative estimate of drug-likeness (QED) is 0.641. The fourth-order valence-corrected chi connectivity index (χ4v) is 2.11. The Morgan fingerprint density at radius 3 is 2.67 bits per heavy atom. The number of carbonyl (C=O) groups is 1. The zero-order chi connectivity index (χ0) is 12.5. The zero-order valence-electron chi connectivity index (χ0n) is 10.00. The van der Waals surface area contributed by atoms with E-state index in [4.69, 9.17) is 0 Å². The van der Waals surface area contributed by atoms with Crippen molar-refractivity contribution >= 4 is 11.8 Å². The Labute approximate surface area is 105 Å². The number of hydrogen-bond donors (Lipinski definition) is 0.